The number of nitrogens with zero attached hydrogens (tertiary/aromatic N) is 4. The highest BCUT2D eigenvalue weighted by Gasteiger charge is 2.39. The summed E-state index contributed by atoms with van der Waals surface area (Å²) < 4.78 is 0. The maximum absolute atomic E-state index is 14.4. The molecule has 5 aromatic rings. The van der Waals surface area contributed by atoms with Crippen molar-refractivity contribution in [2.45, 2.75) is 78.1 Å². The lowest BCUT2D eigenvalue weighted by molar-refractivity contribution is 0.0593. The number of hydrogen-bond donors (Lipinski definition) is 0. The summed E-state index contributed by atoms with van der Waals surface area (Å²) in [6, 6.07) is 12.1. The molecule has 0 aromatic heterocycles. The van der Waals surface area contributed by atoms with Gasteiger partial charge in [0.15, 0.2) is 0 Å². The van der Waals surface area contributed by atoms with Crippen LogP contribution in [0.25, 0.3) is 43.1 Å². The van der Waals surface area contributed by atoms with E-state index in [0.717, 1.165) is 132 Å². The summed E-state index contributed by atoms with van der Waals surface area (Å²) in [5.41, 5.74) is 4.37. The lowest BCUT2D eigenvalue weighted by Gasteiger charge is -2.37. The maximum Gasteiger partial charge on any atom is 0.261 e. The fraction of sp³-hybridized carbons (Fsp3) is 0.429. The van der Waals surface area contributed by atoms with E-state index in [4.69, 9.17) is 0 Å². The molecule has 9 rings (SSSR count). The molecule has 4 aliphatic heterocycles. The van der Waals surface area contributed by atoms with E-state index in [2.05, 4.69) is 47.9 Å². The van der Waals surface area contributed by atoms with Gasteiger partial charge in [0.25, 0.3) is 23.6 Å². The molecule has 5 aromatic carbocycles. The van der Waals surface area contributed by atoms with Gasteiger partial charge < -0.3 is 9.80 Å². The average Bonchev–Trinajstić information content (AvgIpc) is 3.15. The molecule has 0 spiro atoms. The first-order chi connectivity index (χ1) is 24.4. The Labute approximate surface area is 292 Å². The third-order valence-electron chi connectivity index (χ3n) is 11.8. The predicted molar refractivity (Wildman–Crippen MR) is 200 cm³/mol. The van der Waals surface area contributed by atoms with Gasteiger partial charge in [-0.05, 0) is 91.8 Å². The van der Waals surface area contributed by atoms with E-state index in [9.17, 15) is 19.2 Å². The molecule has 8 heteroatoms. The highest BCUT2D eigenvalue weighted by Crippen LogP contribution is 2.52. The van der Waals surface area contributed by atoms with E-state index in [0.29, 0.717) is 35.3 Å². The second kappa shape index (κ2) is 12.0. The Bertz CT molecular complexity index is 2120. The number of unbranched alkanes of at least 4 members (excludes halogenated alkanes) is 2. The zero-order chi connectivity index (χ0) is 34.3. The molecule has 4 heterocycles. The molecule has 0 N–H and O–H groups in total. The zero-order valence-corrected chi connectivity index (χ0v) is 29.2. The molecule has 50 heavy (non-hydrogen) atoms. The minimum Gasteiger partial charge on any atom is -0.371 e. The van der Waals surface area contributed by atoms with E-state index >= 15 is 0 Å². The number of anilines is 2. The van der Waals surface area contributed by atoms with Crippen LogP contribution < -0.4 is 9.80 Å². The molecule has 4 aliphatic rings. The van der Waals surface area contributed by atoms with Crippen LogP contribution in [0.3, 0.4) is 0 Å². The van der Waals surface area contributed by atoms with Crippen molar-refractivity contribution in [3.8, 4) is 0 Å². The second-order valence-electron chi connectivity index (χ2n) is 14.8. The zero-order valence-electron chi connectivity index (χ0n) is 29.2. The molecular formula is C42H44N4O4. The van der Waals surface area contributed by atoms with Crippen LogP contribution in [0.5, 0.6) is 0 Å². The van der Waals surface area contributed by atoms with Crippen LogP contribution in [0.15, 0.2) is 36.4 Å². The van der Waals surface area contributed by atoms with Gasteiger partial charge in [0.05, 0.1) is 11.1 Å². The Morgan fingerprint density at radius 2 is 0.860 bits per heavy atom. The average molecular weight is 669 g/mol. The molecule has 0 radical (unpaired) electrons. The number of piperidine rings is 2. The monoisotopic (exact) mass is 668 g/mol. The van der Waals surface area contributed by atoms with Crippen LogP contribution in [0.4, 0.5) is 11.4 Å². The number of amides is 4. The molecule has 0 atom stereocenters. The van der Waals surface area contributed by atoms with Crippen LogP contribution in [0.2, 0.25) is 0 Å². The summed E-state index contributed by atoms with van der Waals surface area (Å²) in [5.74, 6) is -0.883. The largest absolute Gasteiger partial charge is 0.371 e. The molecule has 0 aliphatic carbocycles. The number of carbonyl (C=O) groups excluding carboxylic acids is 4. The Kier molecular flexibility index (Phi) is 7.48. The highest BCUT2D eigenvalue weighted by molar-refractivity contribution is 6.44. The molecule has 2 saturated heterocycles. The Morgan fingerprint density at radius 1 is 0.460 bits per heavy atom. The van der Waals surface area contributed by atoms with E-state index < -0.39 is 0 Å². The molecular weight excluding hydrogens is 624 g/mol. The molecule has 0 saturated carbocycles. The van der Waals surface area contributed by atoms with E-state index in [-0.39, 0.29) is 23.6 Å². The molecule has 8 nitrogen and oxygen atoms in total. The Morgan fingerprint density at radius 3 is 1.28 bits per heavy atom. The maximum atomic E-state index is 14.4. The third kappa shape index (κ3) is 4.36. The van der Waals surface area contributed by atoms with Gasteiger partial charge in [-0.15, -0.1) is 0 Å². The van der Waals surface area contributed by atoms with E-state index in [1.807, 2.05) is 12.1 Å². The van der Waals surface area contributed by atoms with Crippen LogP contribution >= 0.6 is 0 Å². The van der Waals surface area contributed by atoms with Crippen LogP contribution in [-0.4, -0.2) is 72.7 Å². The number of carbonyl (C=O) groups is 4. The minimum atomic E-state index is -0.230. The number of benzene rings is 5. The summed E-state index contributed by atoms with van der Waals surface area (Å²) in [7, 11) is 0. The first kappa shape index (κ1) is 31.3. The van der Waals surface area contributed by atoms with Gasteiger partial charge in [0.1, 0.15) is 0 Å². The fourth-order valence-electron chi connectivity index (χ4n) is 9.33. The van der Waals surface area contributed by atoms with Crippen molar-refractivity contribution in [1.29, 1.82) is 0 Å². The molecule has 256 valence electrons. The fourth-order valence-corrected chi connectivity index (χ4v) is 9.33. The molecule has 0 bridgehead atoms. The quantitative estimate of drug-likeness (QED) is 0.0937. The van der Waals surface area contributed by atoms with Crippen LogP contribution in [0, 0.1) is 0 Å². The molecule has 2 fully saturated rings. The SMILES string of the molecule is CCCCN1C(=O)c2ccc3c4c(N5CCCCC5)cc5c6c(cc(N7CCCCC7)c(c7ccc(c2c37)C1=O)c64)C(=O)N(CCCC)C5=O. The number of imide groups is 2. The van der Waals surface area contributed by atoms with Crippen molar-refractivity contribution in [3.05, 3.63) is 58.7 Å². The van der Waals surface area contributed by atoms with Gasteiger partial charge in [0, 0.05) is 88.7 Å². The smallest absolute Gasteiger partial charge is 0.261 e. The van der Waals surface area contributed by atoms with Crippen molar-refractivity contribution >= 4 is 78.1 Å². The van der Waals surface area contributed by atoms with Crippen molar-refractivity contribution in [2.75, 3.05) is 49.1 Å². The molecule has 4 amide bonds. The minimum absolute atomic E-state index is 0.211. The summed E-state index contributed by atoms with van der Waals surface area (Å²) in [5, 5.41) is 7.36. The summed E-state index contributed by atoms with van der Waals surface area (Å²) >= 11 is 0. The van der Waals surface area contributed by atoms with Crippen molar-refractivity contribution < 1.29 is 19.2 Å². The summed E-state index contributed by atoms with van der Waals surface area (Å²) in [6.07, 6.45) is 9.92. The Hall–Kier alpha value is -4.72. The van der Waals surface area contributed by atoms with Crippen molar-refractivity contribution in [1.82, 2.24) is 9.80 Å². The first-order valence-electron chi connectivity index (χ1n) is 18.9. The van der Waals surface area contributed by atoms with Gasteiger partial charge in [0.2, 0.25) is 0 Å². The Balaban J connectivity index is 1.45. The van der Waals surface area contributed by atoms with Crippen molar-refractivity contribution in [3.63, 3.8) is 0 Å². The van der Waals surface area contributed by atoms with Gasteiger partial charge in [-0.3, -0.25) is 29.0 Å². The normalized spacial score (nSPS) is 18.3. The second-order valence-corrected chi connectivity index (χ2v) is 14.8. The molecule has 0 unspecified atom stereocenters. The highest BCUT2D eigenvalue weighted by atomic mass is 16.2. The predicted octanol–water partition coefficient (Wildman–Crippen LogP) is 8.51. The van der Waals surface area contributed by atoms with E-state index in [1.165, 1.54) is 22.6 Å². The lowest BCUT2D eigenvalue weighted by Crippen LogP contribution is -2.41. The van der Waals surface area contributed by atoms with Gasteiger partial charge >= 0.3 is 0 Å². The van der Waals surface area contributed by atoms with Crippen LogP contribution in [0.1, 0.15) is 119 Å². The van der Waals surface area contributed by atoms with Gasteiger partial charge in [-0.25, -0.2) is 0 Å². The number of hydrogen-bond acceptors (Lipinski definition) is 6. The van der Waals surface area contributed by atoms with Crippen molar-refractivity contribution in [2.24, 2.45) is 0 Å². The third-order valence-corrected chi connectivity index (χ3v) is 11.8. The van der Waals surface area contributed by atoms with Gasteiger partial charge in [-0.1, -0.05) is 38.8 Å². The number of fused-ring (bicyclic) bond motifs is 2. The number of rotatable bonds is 8. The van der Waals surface area contributed by atoms with Crippen LogP contribution in [-0.2, 0) is 0 Å². The van der Waals surface area contributed by atoms with E-state index in [1.54, 1.807) is 0 Å². The summed E-state index contributed by atoms with van der Waals surface area (Å²) in [4.78, 5) is 64.7. The standard InChI is InChI=1S/C42H44N4O4/c1-3-5-21-45-39(47)27-15-13-25-33-26(14-16-28(34(27)33)40(45)48)37-32(44-19-11-8-12-20-44)24-30-35-29(41(49)46(42(30)50)22-6-4-2)23-31(36(25)38(35)37)43-17-9-7-10-18-43/h13-16,23-24H,3-12,17-22H2,1-2H3. The van der Waals surface area contributed by atoms with Gasteiger partial charge in [-0.2, -0.15) is 0 Å². The summed E-state index contributed by atoms with van der Waals surface area (Å²) in [6.45, 7) is 8.50. The topological polar surface area (TPSA) is 81.2 Å². The lowest BCUT2D eigenvalue weighted by atomic mass is 9.80. The first-order valence-corrected chi connectivity index (χ1v) is 18.9.